The van der Waals surface area contributed by atoms with Gasteiger partial charge in [0.1, 0.15) is 0 Å². The molecule has 1 saturated heterocycles. The molecule has 0 atom stereocenters. The number of anilines is 1. The quantitative estimate of drug-likeness (QED) is 0.754. The fraction of sp³-hybridized carbons (Fsp3) is 0.462. The van der Waals surface area contributed by atoms with Gasteiger partial charge in [0.25, 0.3) is 0 Å². The number of benzene rings is 1. The van der Waals surface area contributed by atoms with Crippen molar-refractivity contribution in [2.45, 2.75) is 6.92 Å². The van der Waals surface area contributed by atoms with Crippen molar-refractivity contribution in [3.8, 4) is 6.07 Å². The van der Waals surface area contributed by atoms with Crippen molar-refractivity contribution >= 4 is 17.3 Å². The number of hydrogen-bond donors (Lipinski definition) is 0. The smallest absolute Gasteiger partial charge is 0.0867 e. The molecule has 0 aromatic heterocycles. The first kappa shape index (κ1) is 12.2. The SMILES string of the molecule is Cc1c(Cl)cccc1N1CCN(CC#N)CC1. The minimum Gasteiger partial charge on any atom is -0.369 e. The van der Waals surface area contributed by atoms with E-state index in [1.54, 1.807) is 0 Å². The van der Waals surface area contributed by atoms with E-state index in [0.717, 1.165) is 36.8 Å². The van der Waals surface area contributed by atoms with Gasteiger partial charge in [-0.15, -0.1) is 0 Å². The van der Waals surface area contributed by atoms with Gasteiger partial charge in [0, 0.05) is 36.9 Å². The van der Waals surface area contributed by atoms with Crippen LogP contribution in [0.4, 0.5) is 5.69 Å². The highest BCUT2D eigenvalue weighted by molar-refractivity contribution is 6.31. The number of rotatable bonds is 2. The van der Waals surface area contributed by atoms with Crippen LogP contribution in [0.15, 0.2) is 18.2 Å². The van der Waals surface area contributed by atoms with Crippen molar-refractivity contribution in [1.82, 2.24) is 4.90 Å². The maximum absolute atomic E-state index is 8.66. The molecular formula is C13H16ClN3. The Hall–Kier alpha value is -1.24. The number of halogens is 1. The zero-order valence-electron chi connectivity index (χ0n) is 9.99. The molecule has 2 rings (SSSR count). The molecule has 1 aromatic rings. The normalized spacial score (nSPS) is 16.9. The predicted octanol–water partition coefficient (Wildman–Crippen LogP) is 2.29. The van der Waals surface area contributed by atoms with Crippen LogP contribution in [0.3, 0.4) is 0 Å². The van der Waals surface area contributed by atoms with Crippen LogP contribution in [0, 0.1) is 18.3 Å². The summed E-state index contributed by atoms with van der Waals surface area (Å²) in [6, 6.07) is 8.23. The molecule has 0 saturated carbocycles. The number of hydrogen-bond acceptors (Lipinski definition) is 3. The van der Waals surface area contributed by atoms with E-state index < -0.39 is 0 Å². The summed E-state index contributed by atoms with van der Waals surface area (Å²) in [7, 11) is 0. The monoisotopic (exact) mass is 249 g/mol. The molecule has 0 unspecified atom stereocenters. The first-order valence-corrected chi connectivity index (χ1v) is 6.19. The molecule has 1 aromatic carbocycles. The van der Waals surface area contributed by atoms with Gasteiger partial charge in [0.05, 0.1) is 12.6 Å². The van der Waals surface area contributed by atoms with Crippen molar-refractivity contribution < 1.29 is 0 Å². The van der Waals surface area contributed by atoms with Gasteiger partial charge < -0.3 is 4.90 Å². The Morgan fingerprint density at radius 2 is 2.00 bits per heavy atom. The average molecular weight is 250 g/mol. The lowest BCUT2D eigenvalue weighted by atomic mass is 10.1. The first-order chi connectivity index (χ1) is 8.22. The zero-order chi connectivity index (χ0) is 12.3. The summed E-state index contributed by atoms with van der Waals surface area (Å²) in [5.74, 6) is 0. The topological polar surface area (TPSA) is 30.3 Å². The van der Waals surface area contributed by atoms with Gasteiger partial charge in [0.15, 0.2) is 0 Å². The molecule has 1 heterocycles. The average Bonchev–Trinajstić information content (AvgIpc) is 2.34. The largest absolute Gasteiger partial charge is 0.369 e. The second kappa shape index (κ2) is 5.39. The summed E-state index contributed by atoms with van der Waals surface area (Å²) in [6.07, 6.45) is 0. The van der Waals surface area contributed by atoms with E-state index in [1.807, 2.05) is 12.1 Å². The Morgan fingerprint density at radius 3 is 2.65 bits per heavy atom. The fourth-order valence-corrected chi connectivity index (χ4v) is 2.36. The summed E-state index contributed by atoms with van der Waals surface area (Å²) in [4.78, 5) is 4.52. The Morgan fingerprint density at radius 1 is 1.29 bits per heavy atom. The van der Waals surface area contributed by atoms with Crippen LogP contribution in [0.2, 0.25) is 5.02 Å². The maximum Gasteiger partial charge on any atom is 0.0867 e. The van der Waals surface area contributed by atoms with Gasteiger partial charge in [-0.3, -0.25) is 4.90 Å². The van der Waals surface area contributed by atoms with Gasteiger partial charge >= 0.3 is 0 Å². The van der Waals surface area contributed by atoms with Crippen molar-refractivity contribution in [2.75, 3.05) is 37.6 Å². The lowest BCUT2D eigenvalue weighted by Gasteiger charge is -2.35. The van der Waals surface area contributed by atoms with Crippen LogP contribution < -0.4 is 4.90 Å². The molecule has 3 nitrogen and oxygen atoms in total. The highest BCUT2D eigenvalue weighted by atomic mass is 35.5. The highest BCUT2D eigenvalue weighted by Crippen LogP contribution is 2.27. The third-order valence-corrected chi connectivity index (χ3v) is 3.66. The van der Waals surface area contributed by atoms with Crippen LogP contribution in [0.25, 0.3) is 0 Å². The fourth-order valence-electron chi connectivity index (χ4n) is 2.19. The van der Waals surface area contributed by atoms with E-state index in [-0.39, 0.29) is 0 Å². The Labute approximate surface area is 107 Å². The van der Waals surface area contributed by atoms with Gasteiger partial charge in [-0.25, -0.2) is 0 Å². The molecule has 0 spiro atoms. The minimum absolute atomic E-state index is 0.530. The Balaban J connectivity index is 2.06. The van der Waals surface area contributed by atoms with E-state index in [0.29, 0.717) is 6.54 Å². The number of nitrogens with zero attached hydrogens (tertiary/aromatic N) is 3. The van der Waals surface area contributed by atoms with Crippen molar-refractivity contribution in [3.05, 3.63) is 28.8 Å². The third-order valence-electron chi connectivity index (χ3n) is 3.25. The zero-order valence-corrected chi connectivity index (χ0v) is 10.7. The molecule has 90 valence electrons. The second-order valence-corrected chi connectivity index (χ2v) is 4.71. The molecule has 1 aliphatic rings. The van der Waals surface area contributed by atoms with E-state index in [9.17, 15) is 0 Å². The standard InChI is InChI=1S/C13H16ClN3/c1-11-12(14)3-2-4-13(11)17-9-7-16(6-5-15)8-10-17/h2-4H,6-10H2,1H3. The highest BCUT2D eigenvalue weighted by Gasteiger charge is 2.18. The molecule has 0 amide bonds. The minimum atomic E-state index is 0.530. The Kier molecular flexibility index (Phi) is 3.88. The lowest BCUT2D eigenvalue weighted by Crippen LogP contribution is -2.46. The van der Waals surface area contributed by atoms with Gasteiger partial charge in [0.2, 0.25) is 0 Å². The predicted molar refractivity (Wildman–Crippen MR) is 70.5 cm³/mol. The summed E-state index contributed by atoms with van der Waals surface area (Å²) >= 11 is 6.13. The van der Waals surface area contributed by atoms with Crippen molar-refractivity contribution in [2.24, 2.45) is 0 Å². The summed E-state index contributed by atoms with van der Waals surface area (Å²) in [6.45, 7) is 6.40. The number of piperazine rings is 1. The van der Waals surface area contributed by atoms with Gasteiger partial charge in [-0.05, 0) is 24.6 Å². The maximum atomic E-state index is 8.66. The van der Waals surface area contributed by atoms with Crippen molar-refractivity contribution in [1.29, 1.82) is 5.26 Å². The molecule has 0 radical (unpaired) electrons. The molecule has 4 heteroatoms. The molecule has 1 aliphatic heterocycles. The van der Waals surface area contributed by atoms with Gasteiger partial charge in [-0.2, -0.15) is 5.26 Å². The van der Waals surface area contributed by atoms with E-state index in [4.69, 9.17) is 16.9 Å². The second-order valence-electron chi connectivity index (χ2n) is 4.31. The van der Waals surface area contributed by atoms with Gasteiger partial charge in [-0.1, -0.05) is 17.7 Å². The summed E-state index contributed by atoms with van der Waals surface area (Å²) in [5, 5.41) is 9.48. The first-order valence-electron chi connectivity index (χ1n) is 5.81. The molecule has 17 heavy (non-hydrogen) atoms. The van der Waals surface area contributed by atoms with Crippen LogP contribution in [0.5, 0.6) is 0 Å². The molecular weight excluding hydrogens is 234 g/mol. The van der Waals surface area contributed by atoms with E-state index >= 15 is 0 Å². The molecule has 0 bridgehead atoms. The van der Waals surface area contributed by atoms with Crippen LogP contribution in [-0.2, 0) is 0 Å². The molecule has 0 aliphatic carbocycles. The van der Waals surface area contributed by atoms with E-state index in [1.165, 1.54) is 5.69 Å². The summed E-state index contributed by atoms with van der Waals surface area (Å²) in [5.41, 5.74) is 2.36. The lowest BCUT2D eigenvalue weighted by molar-refractivity contribution is 0.287. The molecule has 0 N–H and O–H groups in total. The third kappa shape index (κ3) is 2.71. The summed E-state index contributed by atoms with van der Waals surface area (Å²) < 4.78 is 0. The van der Waals surface area contributed by atoms with Crippen LogP contribution >= 0.6 is 11.6 Å². The Bertz CT molecular complexity index is 431. The van der Waals surface area contributed by atoms with Crippen LogP contribution in [-0.4, -0.2) is 37.6 Å². The van der Waals surface area contributed by atoms with Crippen LogP contribution in [0.1, 0.15) is 5.56 Å². The molecule has 1 fully saturated rings. The van der Waals surface area contributed by atoms with E-state index in [2.05, 4.69) is 28.9 Å². The number of nitriles is 1. The van der Waals surface area contributed by atoms with Crippen molar-refractivity contribution in [3.63, 3.8) is 0 Å².